The second-order valence-electron chi connectivity index (χ2n) is 16.5. The molecule has 2 aliphatic carbocycles. The molecule has 13 nitrogen and oxygen atoms in total. The molecule has 3 unspecified atom stereocenters. The summed E-state index contributed by atoms with van der Waals surface area (Å²) in [4.78, 5) is 81.7. The van der Waals surface area contributed by atoms with Crippen molar-refractivity contribution in [2.24, 2.45) is 39.7 Å². The zero-order valence-electron chi connectivity index (χ0n) is 28.7. The van der Waals surface area contributed by atoms with Gasteiger partial charge in [0.05, 0.1) is 18.7 Å². The van der Waals surface area contributed by atoms with E-state index in [1.54, 1.807) is 4.90 Å². The molecule has 0 spiro atoms. The molecule has 4 fully saturated rings. The van der Waals surface area contributed by atoms with Gasteiger partial charge in [-0.1, -0.05) is 74.7 Å². The van der Waals surface area contributed by atoms with Crippen molar-refractivity contribution in [3.8, 4) is 0 Å². The van der Waals surface area contributed by atoms with E-state index in [1.807, 2.05) is 41.5 Å². The van der Waals surface area contributed by atoms with Crippen LogP contribution in [0, 0.1) is 34.0 Å². The lowest BCUT2D eigenvalue weighted by Gasteiger charge is -2.39. The van der Waals surface area contributed by atoms with Crippen LogP contribution in [0.3, 0.4) is 0 Å². The van der Waals surface area contributed by atoms with Gasteiger partial charge in [0.1, 0.15) is 12.1 Å². The summed E-state index contributed by atoms with van der Waals surface area (Å²) in [6.07, 6.45) is 3.50. The normalized spacial score (nSPS) is 26.1. The molecule has 0 aromatic heterocycles. The van der Waals surface area contributed by atoms with Crippen LogP contribution in [-0.4, -0.2) is 95.8 Å². The highest BCUT2D eigenvalue weighted by Gasteiger charge is 2.70. The van der Waals surface area contributed by atoms with E-state index in [0.29, 0.717) is 32.5 Å². The molecule has 0 aromatic carbocycles. The number of fused-ring (bicyclic) bond motifs is 1. The topological polar surface area (TPSA) is 180 Å². The van der Waals surface area contributed by atoms with Gasteiger partial charge in [0, 0.05) is 19.6 Å². The average Bonchev–Trinajstić information content (AvgIpc) is 3.24. The Balaban J connectivity index is 1.51. The third-order valence-electron chi connectivity index (χ3n) is 10.6. The third-order valence-corrected chi connectivity index (χ3v) is 10.6. The van der Waals surface area contributed by atoms with E-state index in [2.05, 4.69) is 29.8 Å². The monoisotopic (exact) mass is 646 g/mol. The molecule has 0 bridgehead atoms. The molecule has 6 amide bonds. The van der Waals surface area contributed by atoms with Crippen molar-refractivity contribution in [1.82, 2.24) is 25.8 Å². The fraction of sp³-hybridized carbons (Fsp3) is 0.818. The maximum absolute atomic E-state index is 14.3. The summed E-state index contributed by atoms with van der Waals surface area (Å²) in [5.41, 5.74) is 4.01. The number of hydrogen-bond donors (Lipinski definition) is 4. The van der Waals surface area contributed by atoms with E-state index in [4.69, 9.17) is 10.5 Å². The molecule has 13 heteroatoms. The molecule has 2 heterocycles. The Morgan fingerprint density at radius 3 is 2.15 bits per heavy atom. The Labute approximate surface area is 272 Å². The Morgan fingerprint density at radius 1 is 0.978 bits per heavy atom. The minimum Gasteiger partial charge on any atom is -0.449 e. The molecule has 46 heavy (non-hydrogen) atoms. The number of amides is 6. The first kappa shape index (κ1) is 35.5. The molecule has 4 rings (SSSR count). The summed E-state index contributed by atoms with van der Waals surface area (Å²) in [5.74, 6) is -2.63. The van der Waals surface area contributed by atoms with E-state index in [0.717, 1.165) is 19.3 Å². The molecule has 258 valence electrons. The number of cyclic esters (lactones) is 1. The van der Waals surface area contributed by atoms with Gasteiger partial charge in [-0.25, -0.2) is 9.59 Å². The van der Waals surface area contributed by atoms with Gasteiger partial charge in [-0.2, -0.15) is 0 Å². The molecule has 6 atom stereocenters. The van der Waals surface area contributed by atoms with Crippen molar-refractivity contribution in [2.45, 2.75) is 112 Å². The zero-order chi connectivity index (χ0) is 34.4. The number of ketones is 1. The number of nitrogens with one attached hydrogen (secondary N) is 3. The second kappa shape index (κ2) is 13.0. The number of nitrogens with two attached hydrogens (primary N) is 1. The number of carbonyl (C=O) groups excluding carboxylic acids is 6. The summed E-state index contributed by atoms with van der Waals surface area (Å²) < 4.78 is 5.17. The van der Waals surface area contributed by atoms with Crippen molar-refractivity contribution in [1.29, 1.82) is 0 Å². The van der Waals surface area contributed by atoms with Crippen molar-refractivity contribution >= 4 is 35.6 Å². The quantitative estimate of drug-likeness (QED) is 0.248. The van der Waals surface area contributed by atoms with Gasteiger partial charge in [0.15, 0.2) is 0 Å². The van der Waals surface area contributed by atoms with E-state index in [-0.39, 0.29) is 29.7 Å². The van der Waals surface area contributed by atoms with Crippen LogP contribution in [0.15, 0.2) is 0 Å². The first-order chi connectivity index (χ1) is 21.2. The van der Waals surface area contributed by atoms with E-state index in [1.165, 1.54) is 4.90 Å². The molecular formula is C33H54N6O7. The van der Waals surface area contributed by atoms with Gasteiger partial charge >= 0.3 is 12.1 Å². The van der Waals surface area contributed by atoms with Gasteiger partial charge < -0.3 is 36.2 Å². The number of Topliss-reactive ketones (excluding diaryl/α,β-unsaturated/α-hetero) is 1. The Morgan fingerprint density at radius 2 is 1.63 bits per heavy atom. The number of rotatable bonds is 11. The summed E-state index contributed by atoms with van der Waals surface area (Å²) in [7, 11) is 0. The highest BCUT2D eigenvalue weighted by molar-refractivity contribution is 6.37. The van der Waals surface area contributed by atoms with Crippen LogP contribution < -0.4 is 21.7 Å². The lowest BCUT2D eigenvalue weighted by molar-refractivity contribution is -0.145. The largest absolute Gasteiger partial charge is 0.449 e. The maximum Gasteiger partial charge on any atom is 0.409 e. The van der Waals surface area contributed by atoms with Crippen LogP contribution in [0.5, 0.6) is 0 Å². The number of urea groups is 1. The molecule has 0 aromatic rings. The summed E-state index contributed by atoms with van der Waals surface area (Å²) in [5, 5.41) is 8.67. The number of primary amides is 1. The first-order valence-corrected chi connectivity index (χ1v) is 16.7. The Bertz CT molecular complexity index is 1230. The summed E-state index contributed by atoms with van der Waals surface area (Å²) in [6.45, 7) is 17.0. The van der Waals surface area contributed by atoms with E-state index in [9.17, 15) is 28.8 Å². The van der Waals surface area contributed by atoms with Crippen LogP contribution in [0.2, 0.25) is 0 Å². The number of nitrogens with zero attached hydrogens (tertiary/aromatic N) is 2. The second-order valence-corrected chi connectivity index (χ2v) is 16.5. The zero-order valence-corrected chi connectivity index (χ0v) is 28.7. The van der Waals surface area contributed by atoms with Crippen LogP contribution >= 0.6 is 0 Å². The molecule has 4 aliphatic rings. The highest BCUT2D eigenvalue weighted by atomic mass is 16.6. The first-order valence-electron chi connectivity index (χ1n) is 16.7. The van der Waals surface area contributed by atoms with Crippen LogP contribution in [-0.2, 0) is 23.9 Å². The Kier molecular flexibility index (Phi) is 10.0. The fourth-order valence-corrected chi connectivity index (χ4v) is 7.20. The average molecular weight is 647 g/mol. The molecule has 2 saturated heterocycles. The van der Waals surface area contributed by atoms with Crippen LogP contribution in [0.4, 0.5) is 9.59 Å². The highest BCUT2D eigenvalue weighted by Crippen LogP contribution is 2.65. The van der Waals surface area contributed by atoms with Crippen molar-refractivity contribution < 1.29 is 33.5 Å². The predicted octanol–water partition coefficient (Wildman–Crippen LogP) is 2.17. The van der Waals surface area contributed by atoms with Crippen molar-refractivity contribution in [3.05, 3.63) is 0 Å². The van der Waals surface area contributed by atoms with Gasteiger partial charge in [0.2, 0.25) is 17.6 Å². The summed E-state index contributed by atoms with van der Waals surface area (Å²) in [6, 6.07) is -3.89. The number of ether oxygens (including phenoxy) is 1. The Hall–Kier alpha value is -3.38. The smallest absolute Gasteiger partial charge is 0.409 e. The number of carbonyl (C=O) groups is 6. The molecule has 2 saturated carbocycles. The van der Waals surface area contributed by atoms with Gasteiger partial charge in [-0.3, -0.25) is 19.2 Å². The molecule has 2 aliphatic heterocycles. The maximum atomic E-state index is 14.3. The standard InChI is InChI=1S/C33H54N6O7/c1-31(2,3)21(17-38-13-10-14-46-30(38)45)36-29(44)37-25(32(4,5)6)28(43)39-16-19-22(33(19,7)8)23(39)27(42)35-20(24(40)26(34)41)15-18-11-9-12-18/h18-23,25H,9-17H2,1-8H3,(H2,34,41)(H,35,42)(H2,36,37,44)/t19?,20?,21-,22+,23?,25-/m1/s1. The molecule has 5 N–H and O–H groups in total. The van der Waals surface area contributed by atoms with Crippen molar-refractivity contribution in [3.63, 3.8) is 0 Å². The minimum absolute atomic E-state index is 0.0770. The number of hydrogen-bond acceptors (Lipinski definition) is 7. The predicted molar refractivity (Wildman–Crippen MR) is 170 cm³/mol. The van der Waals surface area contributed by atoms with Crippen LogP contribution in [0.25, 0.3) is 0 Å². The number of likely N-dealkylation sites (tertiary alicyclic amines) is 1. The number of piperidine rings is 1. The van der Waals surface area contributed by atoms with Gasteiger partial charge in [-0.15, -0.1) is 0 Å². The van der Waals surface area contributed by atoms with Gasteiger partial charge in [0.25, 0.3) is 5.91 Å². The minimum atomic E-state index is -1.10. The lowest BCUT2D eigenvalue weighted by atomic mass is 9.80. The fourth-order valence-electron chi connectivity index (χ4n) is 7.20. The summed E-state index contributed by atoms with van der Waals surface area (Å²) >= 11 is 0. The van der Waals surface area contributed by atoms with Gasteiger partial charge in [-0.05, 0) is 46.8 Å². The lowest BCUT2D eigenvalue weighted by Crippen LogP contribution is -2.63. The SMILES string of the molecule is CC(C)(C)[C@H](NC(=O)N[C@H](CN1CCCOC1=O)C(C)(C)C)C(=O)N1CC2[C@@H](C1C(=O)NC(CC1CCC1)C(=O)C(N)=O)C2(C)C. The third kappa shape index (κ3) is 7.60. The molecule has 0 radical (unpaired) electrons. The molecular weight excluding hydrogens is 592 g/mol. The van der Waals surface area contributed by atoms with Crippen LogP contribution in [0.1, 0.15) is 87.5 Å². The van der Waals surface area contributed by atoms with Crippen molar-refractivity contribution in [2.75, 3.05) is 26.2 Å². The van der Waals surface area contributed by atoms with E-state index < -0.39 is 70.6 Å². The van der Waals surface area contributed by atoms with E-state index >= 15 is 0 Å².